The Morgan fingerprint density at radius 1 is 1.19 bits per heavy atom. The lowest BCUT2D eigenvalue weighted by atomic mass is 10.0. The predicted molar refractivity (Wildman–Crippen MR) is 106 cm³/mol. The van der Waals surface area contributed by atoms with Crippen molar-refractivity contribution in [3.8, 4) is 0 Å². The molecule has 1 unspecified atom stereocenters. The second kappa shape index (κ2) is 11.7. The average Bonchev–Trinajstić information content (AvgIpc) is 3.13. The fourth-order valence-corrected chi connectivity index (χ4v) is 3.41. The van der Waals surface area contributed by atoms with Crippen LogP contribution in [0.3, 0.4) is 0 Å². The maximum Gasteiger partial charge on any atom is 0.249 e. The lowest BCUT2D eigenvalue weighted by molar-refractivity contribution is -0.132. The van der Waals surface area contributed by atoms with E-state index in [0.717, 1.165) is 39.1 Å². The quantitative estimate of drug-likeness (QED) is 0.750. The number of rotatable bonds is 6. The highest BCUT2D eigenvalue weighted by Gasteiger charge is 2.31. The fraction of sp³-hybridized carbons (Fsp3) is 0.611. The zero-order valence-electron chi connectivity index (χ0n) is 14.8. The first kappa shape index (κ1) is 23.1. The van der Waals surface area contributed by atoms with Gasteiger partial charge in [0.15, 0.2) is 0 Å². The van der Waals surface area contributed by atoms with E-state index >= 15 is 0 Å². The number of hydrogen-bond donors (Lipinski definition) is 2. The third kappa shape index (κ3) is 6.08. The van der Waals surface area contributed by atoms with Crippen LogP contribution in [-0.4, -0.2) is 62.4 Å². The monoisotopic (exact) mass is 405 g/mol. The van der Waals surface area contributed by atoms with Gasteiger partial charge in [-0.15, -0.1) is 24.8 Å². The third-order valence-corrected chi connectivity index (χ3v) is 4.80. The van der Waals surface area contributed by atoms with Crippen LogP contribution in [0.2, 0.25) is 0 Å². The lowest BCUT2D eigenvalue weighted by Gasteiger charge is -2.35. The number of nitrogens with zero attached hydrogens (tertiary/aromatic N) is 1. The smallest absolute Gasteiger partial charge is 0.249 e. The number of nitrogens with two attached hydrogens (primary N) is 1. The Bertz CT molecular complexity index is 530. The molecule has 26 heavy (non-hydrogen) atoms. The number of carbonyl (C=O) groups excluding carboxylic acids is 1. The van der Waals surface area contributed by atoms with E-state index in [2.05, 4.69) is 22.3 Å². The molecule has 0 saturated carbocycles. The molecule has 0 spiro atoms. The Morgan fingerprint density at radius 3 is 2.50 bits per heavy atom. The molecule has 1 aromatic rings. The molecular formula is C18H29Cl2N3O3. The van der Waals surface area contributed by atoms with Crippen molar-refractivity contribution in [3.63, 3.8) is 0 Å². The van der Waals surface area contributed by atoms with E-state index in [0.29, 0.717) is 13.1 Å². The van der Waals surface area contributed by atoms with Crippen molar-refractivity contribution in [2.75, 3.05) is 39.4 Å². The molecule has 0 aromatic heterocycles. The van der Waals surface area contributed by atoms with Crippen molar-refractivity contribution >= 4 is 30.7 Å². The van der Waals surface area contributed by atoms with E-state index in [-0.39, 0.29) is 49.0 Å². The number of benzene rings is 1. The molecule has 3 N–H and O–H groups in total. The Hall–Kier alpha value is -0.890. The van der Waals surface area contributed by atoms with Gasteiger partial charge < -0.3 is 20.5 Å². The molecule has 6 nitrogen and oxygen atoms in total. The van der Waals surface area contributed by atoms with Gasteiger partial charge in [0, 0.05) is 26.2 Å². The molecule has 2 heterocycles. The zero-order chi connectivity index (χ0) is 16.8. The molecule has 2 aliphatic heterocycles. The van der Waals surface area contributed by atoms with E-state index < -0.39 is 0 Å². The van der Waals surface area contributed by atoms with E-state index in [9.17, 15) is 4.79 Å². The van der Waals surface area contributed by atoms with Crippen LogP contribution in [0.15, 0.2) is 30.3 Å². The molecular weight excluding hydrogens is 377 g/mol. The number of carbonyl (C=O) groups is 1. The Labute approximate surface area is 167 Å². The van der Waals surface area contributed by atoms with E-state index in [4.69, 9.17) is 15.2 Å². The van der Waals surface area contributed by atoms with Crippen molar-refractivity contribution in [2.45, 2.75) is 31.1 Å². The topological polar surface area (TPSA) is 76.8 Å². The second-order valence-corrected chi connectivity index (χ2v) is 6.38. The van der Waals surface area contributed by atoms with Crippen LogP contribution in [0.5, 0.6) is 0 Å². The van der Waals surface area contributed by atoms with Gasteiger partial charge in [-0.1, -0.05) is 30.3 Å². The van der Waals surface area contributed by atoms with Gasteiger partial charge in [-0.3, -0.25) is 9.69 Å². The first-order valence-corrected chi connectivity index (χ1v) is 8.78. The predicted octanol–water partition coefficient (Wildman–Crippen LogP) is 1.53. The first-order valence-electron chi connectivity index (χ1n) is 8.78. The van der Waals surface area contributed by atoms with Crippen molar-refractivity contribution in [1.82, 2.24) is 10.2 Å². The van der Waals surface area contributed by atoms with Crippen molar-refractivity contribution in [3.05, 3.63) is 35.9 Å². The molecule has 8 heteroatoms. The van der Waals surface area contributed by atoms with Crippen molar-refractivity contribution in [1.29, 1.82) is 0 Å². The summed E-state index contributed by atoms with van der Waals surface area (Å²) in [6, 6.07) is 10.5. The van der Waals surface area contributed by atoms with Gasteiger partial charge in [0.05, 0.1) is 25.4 Å². The number of ether oxygens (including phenoxy) is 2. The second-order valence-electron chi connectivity index (χ2n) is 6.38. The standard InChI is InChI=1S/C18H27N3O3.2ClH/c19-12-15-6-7-17(24-15)18(22)20-13-16(14-4-2-1-3-5-14)21-8-10-23-11-9-21;;/h1-5,15-17H,6-13,19H2,(H,20,22);2*1H/t15-,16?,17+;;/m1../s1. The van der Waals surface area contributed by atoms with Gasteiger partial charge in [-0.25, -0.2) is 0 Å². The minimum atomic E-state index is -0.361. The summed E-state index contributed by atoms with van der Waals surface area (Å²) in [7, 11) is 0. The molecule has 2 fully saturated rings. The zero-order valence-corrected chi connectivity index (χ0v) is 16.5. The highest BCUT2D eigenvalue weighted by atomic mass is 35.5. The van der Waals surface area contributed by atoms with Crippen LogP contribution < -0.4 is 11.1 Å². The summed E-state index contributed by atoms with van der Waals surface area (Å²) >= 11 is 0. The number of amides is 1. The minimum Gasteiger partial charge on any atom is -0.379 e. The molecule has 2 aliphatic rings. The molecule has 1 amide bonds. The average molecular weight is 406 g/mol. The van der Waals surface area contributed by atoms with E-state index in [1.54, 1.807) is 0 Å². The van der Waals surface area contributed by atoms with Crippen molar-refractivity contribution in [2.24, 2.45) is 5.73 Å². The molecule has 3 rings (SSSR count). The van der Waals surface area contributed by atoms with Gasteiger partial charge in [-0.05, 0) is 18.4 Å². The Balaban J connectivity index is 0.00000169. The normalized spacial score (nSPS) is 24.2. The number of hydrogen-bond acceptors (Lipinski definition) is 5. The van der Waals surface area contributed by atoms with Gasteiger partial charge in [0.2, 0.25) is 5.91 Å². The van der Waals surface area contributed by atoms with Crippen LogP contribution in [0.4, 0.5) is 0 Å². The van der Waals surface area contributed by atoms with Gasteiger partial charge in [0.1, 0.15) is 6.10 Å². The van der Waals surface area contributed by atoms with E-state index in [1.807, 2.05) is 18.2 Å². The molecule has 0 radical (unpaired) electrons. The number of halogens is 2. The maximum absolute atomic E-state index is 12.4. The van der Waals surface area contributed by atoms with Crippen molar-refractivity contribution < 1.29 is 14.3 Å². The van der Waals surface area contributed by atoms with Gasteiger partial charge >= 0.3 is 0 Å². The lowest BCUT2D eigenvalue weighted by Crippen LogP contribution is -2.45. The Kier molecular flexibility index (Phi) is 10.5. The third-order valence-electron chi connectivity index (χ3n) is 4.80. The van der Waals surface area contributed by atoms with Gasteiger partial charge in [-0.2, -0.15) is 0 Å². The summed E-state index contributed by atoms with van der Waals surface area (Å²) in [5.74, 6) is -0.0276. The molecule has 1 aromatic carbocycles. The molecule has 3 atom stereocenters. The summed E-state index contributed by atoms with van der Waals surface area (Å²) in [4.78, 5) is 14.8. The van der Waals surface area contributed by atoms with Crippen LogP contribution in [0.1, 0.15) is 24.4 Å². The summed E-state index contributed by atoms with van der Waals surface area (Å²) in [6.45, 7) is 4.29. The highest BCUT2D eigenvalue weighted by Crippen LogP contribution is 2.22. The van der Waals surface area contributed by atoms with E-state index in [1.165, 1.54) is 5.56 Å². The van der Waals surface area contributed by atoms with Crippen LogP contribution in [-0.2, 0) is 14.3 Å². The summed E-state index contributed by atoms with van der Waals surface area (Å²) in [5, 5.41) is 3.08. The molecule has 148 valence electrons. The largest absolute Gasteiger partial charge is 0.379 e. The minimum absolute atomic E-state index is 0. The fourth-order valence-electron chi connectivity index (χ4n) is 3.41. The maximum atomic E-state index is 12.4. The Morgan fingerprint density at radius 2 is 1.88 bits per heavy atom. The summed E-state index contributed by atoms with van der Waals surface area (Å²) in [6.07, 6.45) is 1.27. The number of nitrogens with one attached hydrogen (secondary N) is 1. The van der Waals surface area contributed by atoms with Crippen LogP contribution >= 0.6 is 24.8 Å². The highest BCUT2D eigenvalue weighted by molar-refractivity contribution is 5.85. The summed E-state index contributed by atoms with van der Waals surface area (Å²) in [5.41, 5.74) is 6.83. The SMILES string of the molecule is Cl.Cl.NC[C@H]1CC[C@@H](C(=O)NCC(c2ccccc2)N2CCOCC2)O1. The molecule has 2 saturated heterocycles. The molecule has 0 bridgehead atoms. The summed E-state index contributed by atoms with van der Waals surface area (Å²) < 4.78 is 11.1. The molecule has 0 aliphatic carbocycles. The van der Waals surface area contributed by atoms with Gasteiger partial charge in [0.25, 0.3) is 0 Å². The van der Waals surface area contributed by atoms with Crippen LogP contribution in [0, 0.1) is 0 Å². The number of morpholine rings is 1. The van der Waals surface area contributed by atoms with Crippen LogP contribution in [0.25, 0.3) is 0 Å². The first-order chi connectivity index (χ1) is 11.8.